The molecule has 0 saturated heterocycles. The second-order valence-corrected chi connectivity index (χ2v) is 4.65. The lowest BCUT2D eigenvalue weighted by Crippen LogP contribution is -2.14. The Morgan fingerprint density at radius 3 is 2.61 bits per heavy atom. The molecule has 0 radical (unpaired) electrons. The minimum Gasteiger partial charge on any atom is -0.497 e. The van der Waals surface area contributed by atoms with Crippen molar-refractivity contribution in [1.29, 1.82) is 0 Å². The molecular weight excluding hydrogens is 226 g/mol. The quantitative estimate of drug-likeness (QED) is 0.875. The van der Waals surface area contributed by atoms with Gasteiger partial charge in [-0.15, -0.1) is 0 Å². The fourth-order valence-corrected chi connectivity index (χ4v) is 1.92. The molecule has 1 heterocycles. The molecule has 0 bridgehead atoms. The van der Waals surface area contributed by atoms with E-state index < -0.39 is 0 Å². The summed E-state index contributed by atoms with van der Waals surface area (Å²) in [6, 6.07) is 12.7. The fourth-order valence-electron chi connectivity index (χ4n) is 1.92. The van der Waals surface area contributed by atoms with Gasteiger partial charge >= 0.3 is 0 Å². The maximum atomic E-state index is 5.82. The summed E-state index contributed by atoms with van der Waals surface area (Å²) in [5, 5.41) is 3.44. The molecule has 0 amide bonds. The number of nitrogens with one attached hydrogen (secondary N) is 1. The van der Waals surface area contributed by atoms with Crippen molar-refractivity contribution in [1.82, 2.24) is 5.32 Å². The second kappa shape index (κ2) is 4.86. The fraction of sp³-hybridized carbons (Fsp3) is 0.333. The maximum absolute atomic E-state index is 5.82. The molecule has 2 aromatic rings. The molecule has 0 spiro atoms. The third-order valence-corrected chi connectivity index (χ3v) is 3.18. The zero-order valence-corrected chi connectivity index (χ0v) is 10.5. The highest BCUT2D eigenvalue weighted by atomic mass is 16.5. The van der Waals surface area contributed by atoms with Gasteiger partial charge < -0.3 is 14.5 Å². The lowest BCUT2D eigenvalue weighted by atomic mass is 10.2. The van der Waals surface area contributed by atoms with Crippen molar-refractivity contribution >= 4 is 0 Å². The van der Waals surface area contributed by atoms with Gasteiger partial charge in [0.1, 0.15) is 17.3 Å². The van der Waals surface area contributed by atoms with Crippen molar-refractivity contribution < 1.29 is 9.15 Å². The summed E-state index contributed by atoms with van der Waals surface area (Å²) in [7, 11) is 1.67. The van der Waals surface area contributed by atoms with E-state index in [0.29, 0.717) is 6.04 Å². The zero-order valence-electron chi connectivity index (χ0n) is 10.5. The molecule has 0 aliphatic heterocycles. The van der Waals surface area contributed by atoms with E-state index in [1.165, 1.54) is 12.8 Å². The van der Waals surface area contributed by atoms with Crippen molar-refractivity contribution in [2.24, 2.45) is 0 Å². The summed E-state index contributed by atoms with van der Waals surface area (Å²) >= 11 is 0. The highest BCUT2D eigenvalue weighted by molar-refractivity contribution is 5.58. The van der Waals surface area contributed by atoms with Crippen LogP contribution in [-0.4, -0.2) is 13.2 Å². The molecule has 1 saturated carbocycles. The van der Waals surface area contributed by atoms with E-state index in [0.717, 1.165) is 29.4 Å². The summed E-state index contributed by atoms with van der Waals surface area (Å²) < 4.78 is 11.0. The van der Waals surface area contributed by atoms with E-state index in [9.17, 15) is 0 Å². The van der Waals surface area contributed by atoms with Crippen molar-refractivity contribution in [2.45, 2.75) is 25.4 Å². The van der Waals surface area contributed by atoms with E-state index in [2.05, 4.69) is 5.32 Å². The average molecular weight is 243 g/mol. The van der Waals surface area contributed by atoms with E-state index in [4.69, 9.17) is 9.15 Å². The smallest absolute Gasteiger partial charge is 0.134 e. The Bertz CT molecular complexity index is 512. The topological polar surface area (TPSA) is 34.4 Å². The lowest BCUT2D eigenvalue weighted by Gasteiger charge is -2.01. The first-order valence-corrected chi connectivity index (χ1v) is 6.31. The molecular formula is C15H17NO2. The average Bonchev–Trinajstić information content (AvgIpc) is 3.14. The van der Waals surface area contributed by atoms with Gasteiger partial charge in [-0.25, -0.2) is 0 Å². The predicted molar refractivity (Wildman–Crippen MR) is 70.6 cm³/mol. The van der Waals surface area contributed by atoms with Gasteiger partial charge in [0.25, 0.3) is 0 Å². The number of hydrogen-bond donors (Lipinski definition) is 1. The van der Waals surface area contributed by atoms with Gasteiger partial charge in [-0.2, -0.15) is 0 Å². The summed E-state index contributed by atoms with van der Waals surface area (Å²) in [6.07, 6.45) is 2.60. The minimum absolute atomic E-state index is 0.708. The van der Waals surface area contributed by atoms with Gasteiger partial charge in [-0.05, 0) is 49.2 Å². The highest BCUT2D eigenvalue weighted by Gasteiger charge is 2.20. The molecule has 1 aliphatic carbocycles. The largest absolute Gasteiger partial charge is 0.497 e. The van der Waals surface area contributed by atoms with Crippen LogP contribution in [-0.2, 0) is 6.54 Å². The molecule has 94 valence electrons. The monoisotopic (exact) mass is 243 g/mol. The van der Waals surface area contributed by atoms with Crippen molar-refractivity contribution in [3.8, 4) is 17.1 Å². The molecule has 3 rings (SSSR count). The number of rotatable bonds is 5. The van der Waals surface area contributed by atoms with Gasteiger partial charge in [0.05, 0.1) is 13.7 Å². The number of ether oxygens (including phenoxy) is 1. The van der Waals surface area contributed by atoms with Crippen LogP contribution in [0.5, 0.6) is 5.75 Å². The summed E-state index contributed by atoms with van der Waals surface area (Å²) in [6.45, 7) is 0.820. The first-order chi connectivity index (χ1) is 8.85. The lowest BCUT2D eigenvalue weighted by molar-refractivity contribution is 0.415. The SMILES string of the molecule is COc1ccc(-c2ccc(CNC3CC3)o2)cc1. The van der Waals surface area contributed by atoms with Crippen LogP contribution in [0, 0.1) is 0 Å². The zero-order chi connectivity index (χ0) is 12.4. The number of methoxy groups -OCH3 is 1. The summed E-state index contributed by atoms with van der Waals surface area (Å²) in [4.78, 5) is 0. The van der Waals surface area contributed by atoms with Crippen LogP contribution in [0.4, 0.5) is 0 Å². The third kappa shape index (κ3) is 2.57. The van der Waals surface area contributed by atoms with E-state index in [1.807, 2.05) is 36.4 Å². The van der Waals surface area contributed by atoms with Crippen LogP contribution in [0.15, 0.2) is 40.8 Å². The molecule has 1 N–H and O–H groups in total. The normalized spacial score (nSPS) is 14.7. The molecule has 1 aliphatic rings. The van der Waals surface area contributed by atoms with Crippen LogP contribution in [0.25, 0.3) is 11.3 Å². The minimum atomic E-state index is 0.708. The molecule has 1 aromatic carbocycles. The molecule has 0 atom stereocenters. The Hall–Kier alpha value is -1.74. The molecule has 0 unspecified atom stereocenters. The van der Waals surface area contributed by atoms with Gasteiger partial charge in [0.15, 0.2) is 0 Å². The van der Waals surface area contributed by atoms with Crippen molar-refractivity contribution in [3.05, 3.63) is 42.2 Å². The van der Waals surface area contributed by atoms with Crippen molar-refractivity contribution in [2.75, 3.05) is 7.11 Å². The highest BCUT2D eigenvalue weighted by Crippen LogP contribution is 2.25. The van der Waals surface area contributed by atoms with Crippen LogP contribution in [0.3, 0.4) is 0 Å². The van der Waals surface area contributed by atoms with Crippen LogP contribution >= 0.6 is 0 Å². The Labute approximate surface area is 107 Å². The second-order valence-electron chi connectivity index (χ2n) is 4.65. The first-order valence-electron chi connectivity index (χ1n) is 6.31. The Morgan fingerprint density at radius 2 is 1.94 bits per heavy atom. The van der Waals surface area contributed by atoms with Gasteiger partial charge in [0.2, 0.25) is 0 Å². The number of hydrogen-bond acceptors (Lipinski definition) is 3. The van der Waals surface area contributed by atoms with E-state index >= 15 is 0 Å². The Kier molecular flexibility index (Phi) is 3.07. The van der Waals surface area contributed by atoms with Crippen LogP contribution in [0.1, 0.15) is 18.6 Å². The van der Waals surface area contributed by atoms with E-state index in [1.54, 1.807) is 7.11 Å². The summed E-state index contributed by atoms with van der Waals surface area (Å²) in [5.41, 5.74) is 1.08. The van der Waals surface area contributed by atoms with Gasteiger partial charge in [0, 0.05) is 11.6 Å². The Balaban J connectivity index is 1.70. The first kappa shape index (κ1) is 11.4. The maximum Gasteiger partial charge on any atom is 0.134 e. The third-order valence-electron chi connectivity index (χ3n) is 3.18. The van der Waals surface area contributed by atoms with Crippen LogP contribution in [0.2, 0.25) is 0 Å². The van der Waals surface area contributed by atoms with Crippen LogP contribution < -0.4 is 10.1 Å². The number of benzene rings is 1. The van der Waals surface area contributed by atoms with Crippen molar-refractivity contribution in [3.63, 3.8) is 0 Å². The Morgan fingerprint density at radius 1 is 1.17 bits per heavy atom. The molecule has 3 heteroatoms. The molecule has 18 heavy (non-hydrogen) atoms. The summed E-state index contributed by atoms with van der Waals surface area (Å²) in [5.74, 6) is 2.76. The number of furan rings is 1. The van der Waals surface area contributed by atoms with E-state index in [-0.39, 0.29) is 0 Å². The van der Waals surface area contributed by atoms with Gasteiger partial charge in [-0.3, -0.25) is 0 Å². The standard InChI is InChI=1S/C15H17NO2/c1-17-13-6-2-11(3-7-13)15-9-8-14(18-15)10-16-12-4-5-12/h2-3,6-9,12,16H,4-5,10H2,1H3. The molecule has 1 aromatic heterocycles. The molecule has 3 nitrogen and oxygen atoms in total. The molecule has 1 fully saturated rings. The van der Waals surface area contributed by atoms with Gasteiger partial charge in [-0.1, -0.05) is 0 Å². The predicted octanol–water partition coefficient (Wildman–Crippen LogP) is 3.21.